The summed E-state index contributed by atoms with van der Waals surface area (Å²) in [5, 5.41) is 3.13. The third-order valence-corrected chi connectivity index (χ3v) is 2.63. The first-order valence-corrected chi connectivity index (χ1v) is 5.57. The SMILES string of the molecule is Cc1cccc(NCC(=O)N(C)C(C)C)c1. The zero-order chi connectivity index (χ0) is 12.1. The molecular formula is C13H20N2O. The van der Waals surface area contributed by atoms with Gasteiger partial charge in [-0.25, -0.2) is 0 Å². The van der Waals surface area contributed by atoms with Crippen molar-refractivity contribution in [1.82, 2.24) is 4.90 Å². The number of carbonyl (C=O) groups excluding carboxylic acids is 1. The Morgan fingerprint density at radius 1 is 1.44 bits per heavy atom. The number of hydrogen-bond donors (Lipinski definition) is 1. The minimum absolute atomic E-state index is 0.108. The summed E-state index contributed by atoms with van der Waals surface area (Å²) in [6.45, 7) is 6.39. The van der Waals surface area contributed by atoms with E-state index in [1.165, 1.54) is 5.56 Å². The van der Waals surface area contributed by atoms with Gasteiger partial charge in [0, 0.05) is 18.8 Å². The van der Waals surface area contributed by atoms with Crippen molar-refractivity contribution in [2.45, 2.75) is 26.8 Å². The van der Waals surface area contributed by atoms with Crippen molar-refractivity contribution in [3.63, 3.8) is 0 Å². The predicted octanol–water partition coefficient (Wildman–Crippen LogP) is 2.27. The fourth-order valence-corrected chi connectivity index (χ4v) is 1.35. The molecule has 0 aliphatic carbocycles. The topological polar surface area (TPSA) is 32.3 Å². The van der Waals surface area contributed by atoms with Crippen LogP contribution in [0.1, 0.15) is 19.4 Å². The Kier molecular flexibility index (Phi) is 4.35. The number of likely N-dealkylation sites (N-methyl/N-ethyl adjacent to an activating group) is 1. The van der Waals surface area contributed by atoms with Crippen LogP contribution in [-0.2, 0) is 4.79 Å². The van der Waals surface area contributed by atoms with Gasteiger partial charge < -0.3 is 10.2 Å². The van der Waals surface area contributed by atoms with E-state index < -0.39 is 0 Å². The molecule has 0 heterocycles. The number of nitrogens with zero attached hydrogens (tertiary/aromatic N) is 1. The van der Waals surface area contributed by atoms with E-state index in [1.54, 1.807) is 4.90 Å². The molecule has 0 spiro atoms. The second-order valence-corrected chi connectivity index (χ2v) is 4.32. The fraction of sp³-hybridized carbons (Fsp3) is 0.462. The van der Waals surface area contributed by atoms with Gasteiger partial charge in [0.15, 0.2) is 0 Å². The van der Waals surface area contributed by atoms with Crippen molar-refractivity contribution in [2.24, 2.45) is 0 Å². The average Bonchev–Trinajstić information content (AvgIpc) is 2.24. The fourth-order valence-electron chi connectivity index (χ4n) is 1.35. The van der Waals surface area contributed by atoms with Gasteiger partial charge in [0.1, 0.15) is 0 Å². The zero-order valence-electron chi connectivity index (χ0n) is 10.4. The molecule has 3 nitrogen and oxygen atoms in total. The van der Waals surface area contributed by atoms with Crippen LogP contribution in [0.5, 0.6) is 0 Å². The van der Waals surface area contributed by atoms with Crippen LogP contribution in [0.2, 0.25) is 0 Å². The first-order valence-electron chi connectivity index (χ1n) is 5.57. The molecule has 3 heteroatoms. The Hall–Kier alpha value is -1.51. The molecule has 0 saturated carbocycles. The first-order chi connectivity index (χ1) is 7.50. The number of benzene rings is 1. The maximum atomic E-state index is 11.7. The molecule has 0 aliphatic heterocycles. The first kappa shape index (κ1) is 12.6. The summed E-state index contributed by atoms with van der Waals surface area (Å²) in [5.41, 5.74) is 2.18. The normalized spacial score (nSPS) is 10.3. The molecule has 1 aromatic rings. The van der Waals surface area contributed by atoms with Crippen molar-refractivity contribution in [2.75, 3.05) is 18.9 Å². The molecule has 0 atom stereocenters. The van der Waals surface area contributed by atoms with Crippen LogP contribution >= 0.6 is 0 Å². The quantitative estimate of drug-likeness (QED) is 0.844. The molecule has 0 fully saturated rings. The molecule has 0 unspecified atom stereocenters. The summed E-state index contributed by atoms with van der Waals surface area (Å²) in [6, 6.07) is 8.26. The van der Waals surface area contributed by atoms with Crippen molar-refractivity contribution in [3.8, 4) is 0 Å². The Morgan fingerprint density at radius 2 is 2.12 bits per heavy atom. The van der Waals surface area contributed by atoms with Crippen molar-refractivity contribution in [3.05, 3.63) is 29.8 Å². The second-order valence-electron chi connectivity index (χ2n) is 4.32. The van der Waals surface area contributed by atoms with E-state index in [2.05, 4.69) is 5.32 Å². The van der Waals surface area contributed by atoms with Gasteiger partial charge in [-0.05, 0) is 38.5 Å². The second kappa shape index (κ2) is 5.54. The van der Waals surface area contributed by atoms with Crippen LogP contribution in [0, 0.1) is 6.92 Å². The summed E-state index contributed by atoms with van der Waals surface area (Å²) in [6.07, 6.45) is 0. The van der Waals surface area contributed by atoms with E-state index in [0.717, 1.165) is 5.69 Å². The molecule has 1 rings (SSSR count). The number of amides is 1. The minimum atomic E-state index is 0.108. The molecule has 0 saturated heterocycles. The van der Waals surface area contributed by atoms with Gasteiger partial charge in [-0.2, -0.15) is 0 Å². The van der Waals surface area contributed by atoms with E-state index in [9.17, 15) is 4.79 Å². The van der Waals surface area contributed by atoms with E-state index in [-0.39, 0.29) is 11.9 Å². The smallest absolute Gasteiger partial charge is 0.241 e. The number of anilines is 1. The van der Waals surface area contributed by atoms with Crippen LogP contribution in [0.3, 0.4) is 0 Å². The molecule has 0 aromatic heterocycles. The van der Waals surface area contributed by atoms with Crippen molar-refractivity contribution >= 4 is 11.6 Å². The van der Waals surface area contributed by atoms with Gasteiger partial charge in [-0.1, -0.05) is 12.1 Å². The lowest BCUT2D eigenvalue weighted by Crippen LogP contribution is -2.37. The lowest BCUT2D eigenvalue weighted by Gasteiger charge is -2.21. The van der Waals surface area contributed by atoms with Crippen molar-refractivity contribution in [1.29, 1.82) is 0 Å². The zero-order valence-corrected chi connectivity index (χ0v) is 10.4. The van der Waals surface area contributed by atoms with E-state index in [4.69, 9.17) is 0 Å². The van der Waals surface area contributed by atoms with Gasteiger partial charge in [0.05, 0.1) is 6.54 Å². The highest BCUT2D eigenvalue weighted by atomic mass is 16.2. The molecule has 16 heavy (non-hydrogen) atoms. The molecule has 0 bridgehead atoms. The van der Waals surface area contributed by atoms with Gasteiger partial charge in [0.2, 0.25) is 5.91 Å². The highest BCUT2D eigenvalue weighted by molar-refractivity contribution is 5.80. The minimum Gasteiger partial charge on any atom is -0.376 e. The standard InChI is InChI=1S/C13H20N2O/c1-10(2)15(4)13(16)9-14-12-7-5-6-11(3)8-12/h5-8,10,14H,9H2,1-4H3. The lowest BCUT2D eigenvalue weighted by molar-refractivity contribution is -0.129. The number of carbonyl (C=O) groups is 1. The molecule has 88 valence electrons. The molecule has 1 N–H and O–H groups in total. The van der Waals surface area contributed by atoms with Crippen LogP contribution < -0.4 is 5.32 Å². The summed E-state index contributed by atoms with van der Waals surface area (Å²) in [5.74, 6) is 0.108. The van der Waals surface area contributed by atoms with Crippen molar-refractivity contribution < 1.29 is 4.79 Å². The Labute approximate surface area is 97.5 Å². The monoisotopic (exact) mass is 220 g/mol. The third kappa shape index (κ3) is 3.57. The Balaban J connectivity index is 2.49. The summed E-state index contributed by atoms with van der Waals surface area (Å²) in [7, 11) is 1.82. The Morgan fingerprint density at radius 3 is 2.69 bits per heavy atom. The third-order valence-electron chi connectivity index (χ3n) is 2.63. The largest absolute Gasteiger partial charge is 0.376 e. The predicted molar refractivity (Wildman–Crippen MR) is 67.6 cm³/mol. The molecule has 0 radical (unpaired) electrons. The summed E-state index contributed by atoms with van der Waals surface area (Å²) in [4.78, 5) is 13.4. The number of hydrogen-bond acceptors (Lipinski definition) is 2. The average molecular weight is 220 g/mol. The van der Waals surface area contributed by atoms with Gasteiger partial charge in [0.25, 0.3) is 0 Å². The molecular weight excluding hydrogens is 200 g/mol. The maximum Gasteiger partial charge on any atom is 0.241 e. The summed E-state index contributed by atoms with van der Waals surface area (Å²) < 4.78 is 0. The highest BCUT2D eigenvalue weighted by Gasteiger charge is 2.10. The van der Waals surface area contributed by atoms with E-state index in [1.807, 2.05) is 52.1 Å². The Bertz CT molecular complexity index is 361. The highest BCUT2D eigenvalue weighted by Crippen LogP contribution is 2.09. The summed E-state index contributed by atoms with van der Waals surface area (Å²) >= 11 is 0. The molecule has 0 aliphatic rings. The van der Waals surface area contributed by atoms with E-state index in [0.29, 0.717) is 6.54 Å². The van der Waals surface area contributed by atoms with Crippen LogP contribution in [0.4, 0.5) is 5.69 Å². The van der Waals surface area contributed by atoms with Gasteiger partial charge in [-0.15, -0.1) is 0 Å². The molecule has 1 aromatic carbocycles. The van der Waals surface area contributed by atoms with Crippen LogP contribution in [0.25, 0.3) is 0 Å². The molecule has 1 amide bonds. The van der Waals surface area contributed by atoms with Crippen LogP contribution in [0.15, 0.2) is 24.3 Å². The number of rotatable bonds is 4. The number of aryl methyl sites for hydroxylation is 1. The van der Waals surface area contributed by atoms with Gasteiger partial charge in [-0.3, -0.25) is 4.79 Å². The lowest BCUT2D eigenvalue weighted by atomic mass is 10.2. The maximum absolute atomic E-state index is 11.7. The van der Waals surface area contributed by atoms with E-state index >= 15 is 0 Å². The number of nitrogens with one attached hydrogen (secondary N) is 1. The van der Waals surface area contributed by atoms with Gasteiger partial charge >= 0.3 is 0 Å². The van der Waals surface area contributed by atoms with Crippen LogP contribution in [-0.4, -0.2) is 30.4 Å².